The van der Waals surface area contributed by atoms with Gasteiger partial charge >= 0.3 is 0 Å². The molecule has 0 aromatic carbocycles. The third-order valence-corrected chi connectivity index (χ3v) is 4.39. The van der Waals surface area contributed by atoms with Gasteiger partial charge in [0.05, 0.1) is 0 Å². The fraction of sp³-hybridized carbons (Fsp3) is 0.769. The van der Waals surface area contributed by atoms with Crippen LogP contribution < -0.4 is 5.43 Å². The van der Waals surface area contributed by atoms with Gasteiger partial charge in [0.15, 0.2) is 0 Å². The smallest absolute Gasteiger partial charge is 0.254 e. The average molecular weight is 249 g/mol. The third kappa shape index (κ3) is 1.72. The van der Waals surface area contributed by atoms with E-state index >= 15 is 0 Å². The molecule has 5 heteroatoms. The van der Waals surface area contributed by atoms with Crippen molar-refractivity contribution in [3.05, 3.63) is 0 Å². The fourth-order valence-corrected chi connectivity index (χ4v) is 3.33. The van der Waals surface area contributed by atoms with Crippen LogP contribution in [-0.4, -0.2) is 35.0 Å². The highest BCUT2D eigenvalue weighted by atomic mass is 16.2. The van der Waals surface area contributed by atoms with Gasteiger partial charge in [-0.3, -0.25) is 19.9 Å². The summed E-state index contributed by atoms with van der Waals surface area (Å²) >= 11 is 0. The summed E-state index contributed by atoms with van der Waals surface area (Å²) in [5.74, 6) is 0.0156. The highest BCUT2D eigenvalue weighted by Gasteiger charge is 2.51. The van der Waals surface area contributed by atoms with E-state index in [0.29, 0.717) is 12.5 Å². The van der Waals surface area contributed by atoms with Crippen LogP contribution in [0.5, 0.6) is 0 Å². The van der Waals surface area contributed by atoms with Gasteiger partial charge in [-0.1, -0.05) is 19.3 Å². The lowest BCUT2D eigenvalue weighted by atomic mass is 9.89. The molecule has 2 heterocycles. The quantitative estimate of drug-likeness (QED) is 0.740. The molecule has 3 aliphatic rings. The Balaban J connectivity index is 1.71. The molecule has 2 unspecified atom stereocenters. The summed E-state index contributed by atoms with van der Waals surface area (Å²) in [6.07, 6.45) is 6.04. The minimum absolute atomic E-state index is 0.0539. The second-order valence-electron chi connectivity index (χ2n) is 5.63. The number of carbonyl (C=O) groups excluding carboxylic acids is 2. The number of rotatable bonds is 2. The van der Waals surface area contributed by atoms with Crippen molar-refractivity contribution in [3.63, 3.8) is 0 Å². The van der Waals surface area contributed by atoms with Gasteiger partial charge in [-0.05, 0) is 25.7 Å². The van der Waals surface area contributed by atoms with Crippen LogP contribution in [-0.2, 0) is 9.59 Å². The van der Waals surface area contributed by atoms with E-state index in [1.54, 1.807) is 0 Å². The molecule has 5 nitrogen and oxygen atoms in total. The maximum atomic E-state index is 12.3. The van der Waals surface area contributed by atoms with Crippen LogP contribution in [0.4, 0.5) is 0 Å². The van der Waals surface area contributed by atoms with Crippen LogP contribution in [0.1, 0.15) is 39.0 Å². The summed E-state index contributed by atoms with van der Waals surface area (Å²) in [4.78, 5) is 25.9. The van der Waals surface area contributed by atoms with Gasteiger partial charge in [-0.2, -0.15) is 5.10 Å². The number of nitrogens with zero attached hydrogens (tertiary/aromatic N) is 2. The van der Waals surface area contributed by atoms with E-state index < -0.39 is 6.04 Å². The van der Waals surface area contributed by atoms with Crippen LogP contribution in [0.2, 0.25) is 0 Å². The van der Waals surface area contributed by atoms with Crippen LogP contribution in [0.25, 0.3) is 0 Å². The van der Waals surface area contributed by atoms with E-state index in [2.05, 4.69) is 10.5 Å². The Labute approximate surface area is 107 Å². The molecule has 2 fully saturated rings. The summed E-state index contributed by atoms with van der Waals surface area (Å²) in [6.45, 7) is 2.42. The molecule has 0 spiro atoms. The molecule has 98 valence electrons. The average Bonchev–Trinajstić information content (AvgIpc) is 2.87. The molecule has 3 rings (SSSR count). The van der Waals surface area contributed by atoms with Gasteiger partial charge in [0, 0.05) is 12.3 Å². The molecule has 1 saturated carbocycles. The predicted molar refractivity (Wildman–Crippen MR) is 66.8 cm³/mol. The van der Waals surface area contributed by atoms with Crippen molar-refractivity contribution in [3.8, 4) is 0 Å². The normalized spacial score (nSPS) is 32.5. The second kappa shape index (κ2) is 4.37. The second-order valence-corrected chi connectivity index (χ2v) is 5.63. The van der Waals surface area contributed by atoms with Crippen molar-refractivity contribution in [2.45, 2.75) is 45.1 Å². The molecule has 1 aliphatic carbocycles. The summed E-state index contributed by atoms with van der Waals surface area (Å²) in [7, 11) is 0. The number of fused-ring (bicyclic) bond motifs is 1. The van der Waals surface area contributed by atoms with E-state index in [4.69, 9.17) is 0 Å². The van der Waals surface area contributed by atoms with Crippen molar-refractivity contribution in [2.75, 3.05) is 6.54 Å². The largest absolute Gasteiger partial charge is 0.296 e. The lowest BCUT2D eigenvalue weighted by molar-refractivity contribution is -0.140. The molecule has 1 saturated heterocycles. The lowest BCUT2D eigenvalue weighted by Crippen LogP contribution is -2.39. The maximum Gasteiger partial charge on any atom is 0.254 e. The predicted octanol–water partition coefficient (Wildman–Crippen LogP) is 0.899. The Hall–Kier alpha value is -1.39. The van der Waals surface area contributed by atoms with Crippen LogP contribution in [0.15, 0.2) is 5.10 Å². The summed E-state index contributed by atoms with van der Waals surface area (Å²) in [6, 6.07) is -0.430. The maximum absolute atomic E-state index is 12.3. The molecule has 2 aliphatic heterocycles. The first-order chi connectivity index (χ1) is 8.68. The molecule has 0 bridgehead atoms. The summed E-state index contributed by atoms with van der Waals surface area (Å²) in [5.41, 5.74) is 3.53. The Morgan fingerprint density at radius 2 is 1.94 bits per heavy atom. The highest BCUT2D eigenvalue weighted by Crippen LogP contribution is 2.30. The Morgan fingerprint density at radius 1 is 1.22 bits per heavy atom. The first kappa shape index (κ1) is 11.7. The van der Waals surface area contributed by atoms with E-state index in [-0.39, 0.29) is 17.7 Å². The van der Waals surface area contributed by atoms with Crippen LogP contribution in [0.3, 0.4) is 0 Å². The third-order valence-electron chi connectivity index (χ3n) is 4.39. The molecular weight excluding hydrogens is 230 g/mol. The Morgan fingerprint density at radius 3 is 2.61 bits per heavy atom. The van der Waals surface area contributed by atoms with Crippen molar-refractivity contribution in [2.24, 2.45) is 16.9 Å². The van der Waals surface area contributed by atoms with Crippen molar-refractivity contribution < 1.29 is 9.59 Å². The fourth-order valence-electron chi connectivity index (χ4n) is 3.33. The first-order valence-corrected chi connectivity index (χ1v) is 6.83. The number of hydrazone groups is 1. The molecular formula is C13H19N3O2. The minimum atomic E-state index is -0.430. The van der Waals surface area contributed by atoms with E-state index in [1.807, 2.05) is 6.92 Å². The number of likely N-dealkylation sites (tertiary alicyclic amines) is 1. The van der Waals surface area contributed by atoms with E-state index in [0.717, 1.165) is 18.6 Å². The number of hydrogen-bond donors (Lipinski definition) is 1. The van der Waals surface area contributed by atoms with Crippen molar-refractivity contribution >= 4 is 17.5 Å². The van der Waals surface area contributed by atoms with E-state index in [1.165, 1.54) is 24.2 Å². The molecule has 0 radical (unpaired) electrons. The van der Waals surface area contributed by atoms with Gasteiger partial charge in [0.25, 0.3) is 5.91 Å². The minimum Gasteiger partial charge on any atom is -0.296 e. The molecule has 2 amide bonds. The summed E-state index contributed by atoms with van der Waals surface area (Å²) < 4.78 is 0. The Bertz CT molecular complexity index is 412. The number of nitrogens with one attached hydrogen (secondary N) is 1. The van der Waals surface area contributed by atoms with Crippen molar-refractivity contribution in [1.29, 1.82) is 0 Å². The number of hydrogen-bond acceptors (Lipinski definition) is 4. The van der Waals surface area contributed by atoms with Gasteiger partial charge in [-0.15, -0.1) is 0 Å². The van der Waals surface area contributed by atoms with Crippen LogP contribution >= 0.6 is 0 Å². The van der Waals surface area contributed by atoms with E-state index in [9.17, 15) is 9.59 Å². The number of carbonyl (C=O) groups is 2. The number of amides is 2. The lowest BCUT2D eigenvalue weighted by Gasteiger charge is -2.26. The monoisotopic (exact) mass is 249 g/mol. The molecule has 0 aromatic rings. The van der Waals surface area contributed by atoms with Gasteiger partial charge in [0.2, 0.25) is 5.91 Å². The molecule has 0 aromatic heterocycles. The standard InChI is InChI=1S/C13H19N3O2/c1-8-10-11(15-14-8)13(18)16(12(10)17)7-9-5-3-2-4-6-9/h9-11,15H,2-7H2,1H3. The van der Waals surface area contributed by atoms with Gasteiger partial charge < -0.3 is 0 Å². The highest BCUT2D eigenvalue weighted by molar-refractivity contribution is 6.18. The van der Waals surface area contributed by atoms with Gasteiger partial charge in [-0.25, -0.2) is 0 Å². The molecule has 1 N–H and O–H groups in total. The number of imide groups is 1. The summed E-state index contributed by atoms with van der Waals surface area (Å²) in [5, 5.41) is 4.00. The first-order valence-electron chi connectivity index (χ1n) is 6.83. The molecule has 2 atom stereocenters. The zero-order chi connectivity index (χ0) is 12.7. The zero-order valence-corrected chi connectivity index (χ0v) is 10.7. The Kier molecular flexibility index (Phi) is 2.84. The SMILES string of the molecule is CC1=NNC2C(=O)N(CC3CCCCC3)C(=O)C12. The van der Waals surface area contributed by atoms with Crippen LogP contribution in [0, 0.1) is 11.8 Å². The van der Waals surface area contributed by atoms with Gasteiger partial charge in [0.1, 0.15) is 12.0 Å². The zero-order valence-electron chi connectivity index (χ0n) is 10.7. The van der Waals surface area contributed by atoms with Crippen molar-refractivity contribution in [1.82, 2.24) is 10.3 Å². The topological polar surface area (TPSA) is 61.8 Å². The molecule has 18 heavy (non-hydrogen) atoms.